The number of nitrogens with two attached hydrogens (primary N) is 1. The molecule has 1 saturated heterocycles. The minimum Gasteiger partial charge on any atom is -0.372 e. The molecule has 2 heterocycles. The van der Waals surface area contributed by atoms with E-state index >= 15 is 0 Å². The van der Waals surface area contributed by atoms with Crippen molar-refractivity contribution in [1.82, 2.24) is 4.98 Å². The number of anilines is 1. The first-order valence-electron chi connectivity index (χ1n) is 8.34. The second kappa shape index (κ2) is 6.87. The molecule has 0 amide bonds. The van der Waals surface area contributed by atoms with Crippen molar-refractivity contribution in [3.63, 3.8) is 0 Å². The Morgan fingerprint density at radius 3 is 2.58 bits per heavy atom. The third kappa shape index (κ3) is 3.42. The summed E-state index contributed by atoms with van der Waals surface area (Å²) >= 11 is 0. The number of nitrogens with zero attached hydrogens (tertiary/aromatic N) is 2. The summed E-state index contributed by atoms with van der Waals surface area (Å²) in [5.74, 6) is -0.245. The minimum atomic E-state index is -0.245. The molecule has 1 fully saturated rings. The monoisotopic (exact) mass is 329 g/mol. The molecule has 0 unspecified atom stereocenters. The van der Waals surface area contributed by atoms with Crippen LogP contribution in [0.2, 0.25) is 0 Å². The summed E-state index contributed by atoms with van der Waals surface area (Å²) in [5, 5.41) is 0. The molecular weight excluding hydrogens is 305 g/mol. The molecule has 1 aromatic carbocycles. The van der Waals surface area contributed by atoms with Gasteiger partial charge in [0.1, 0.15) is 5.82 Å². The highest BCUT2D eigenvalue weighted by Gasteiger charge is 2.24. The van der Waals surface area contributed by atoms with Crippen LogP contribution in [0, 0.1) is 12.7 Å². The lowest BCUT2D eigenvalue weighted by atomic mass is 9.98. The average Bonchev–Trinajstić information content (AvgIpc) is 2.53. The number of aromatic nitrogens is 1. The molecule has 4 nitrogen and oxygen atoms in total. The Bertz CT molecular complexity index is 725. The van der Waals surface area contributed by atoms with Gasteiger partial charge in [-0.2, -0.15) is 0 Å². The largest absolute Gasteiger partial charge is 0.372 e. The van der Waals surface area contributed by atoms with Crippen LogP contribution in [0.5, 0.6) is 0 Å². The zero-order valence-corrected chi connectivity index (χ0v) is 14.4. The van der Waals surface area contributed by atoms with Gasteiger partial charge in [0, 0.05) is 42.8 Å². The lowest BCUT2D eigenvalue weighted by Crippen LogP contribution is -2.45. The molecule has 0 spiro atoms. The fourth-order valence-electron chi connectivity index (χ4n) is 3.40. The summed E-state index contributed by atoms with van der Waals surface area (Å²) in [6, 6.07) is 7.31. The normalized spacial score (nSPS) is 21.1. The number of aryl methyl sites for hydroxylation is 1. The van der Waals surface area contributed by atoms with Gasteiger partial charge in [0.15, 0.2) is 0 Å². The number of rotatable bonds is 3. The van der Waals surface area contributed by atoms with Crippen LogP contribution in [0.1, 0.15) is 25.1 Å². The molecular formula is C19H24FN3O. The number of pyridine rings is 1. The van der Waals surface area contributed by atoms with Gasteiger partial charge in [0.25, 0.3) is 0 Å². The van der Waals surface area contributed by atoms with Crippen molar-refractivity contribution in [3.8, 4) is 11.1 Å². The molecule has 0 radical (unpaired) electrons. The van der Waals surface area contributed by atoms with Gasteiger partial charge in [-0.05, 0) is 56.2 Å². The molecule has 128 valence electrons. The molecule has 1 aliphatic heterocycles. The van der Waals surface area contributed by atoms with E-state index in [9.17, 15) is 4.39 Å². The molecule has 2 aromatic rings. The first-order chi connectivity index (χ1) is 11.5. The zero-order valence-electron chi connectivity index (χ0n) is 14.4. The Kier molecular flexibility index (Phi) is 4.83. The van der Waals surface area contributed by atoms with E-state index in [1.807, 2.05) is 39.0 Å². The highest BCUT2D eigenvalue weighted by Crippen LogP contribution is 2.32. The van der Waals surface area contributed by atoms with Crippen LogP contribution < -0.4 is 10.6 Å². The van der Waals surface area contributed by atoms with Gasteiger partial charge in [-0.25, -0.2) is 4.39 Å². The third-order valence-corrected chi connectivity index (χ3v) is 4.35. The highest BCUT2D eigenvalue weighted by atomic mass is 19.1. The second-order valence-corrected chi connectivity index (χ2v) is 6.51. The highest BCUT2D eigenvalue weighted by molar-refractivity contribution is 5.71. The Hall–Kier alpha value is -1.98. The third-order valence-electron chi connectivity index (χ3n) is 4.35. The van der Waals surface area contributed by atoms with E-state index in [1.165, 1.54) is 0 Å². The van der Waals surface area contributed by atoms with Gasteiger partial charge in [0.05, 0.1) is 12.2 Å². The van der Waals surface area contributed by atoms with Crippen molar-refractivity contribution in [1.29, 1.82) is 0 Å². The summed E-state index contributed by atoms with van der Waals surface area (Å²) in [4.78, 5) is 6.35. The van der Waals surface area contributed by atoms with Crippen LogP contribution >= 0.6 is 0 Å². The molecule has 0 aliphatic carbocycles. The fourth-order valence-corrected chi connectivity index (χ4v) is 3.40. The first-order valence-corrected chi connectivity index (χ1v) is 8.34. The quantitative estimate of drug-likeness (QED) is 0.939. The SMILES string of the molecule is Cc1cc(-c2c(F)cc(N3C[C@@H](C)O[C@@H](C)C3)cc2CN)ccn1. The Morgan fingerprint density at radius 2 is 1.96 bits per heavy atom. The topological polar surface area (TPSA) is 51.4 Å². The van der Waals surface area contributed by atoms with Crippen LogP contribution in [0.15, 0.2) is 30.5 Å². The summed E-state index contributed by atoms with van der Waals surface area (Å²) in [5.41, 5.74) is 9.84. The molecule has 1 aliphatic rings. The number of morpholine rings is 1. The Labute approximate surface area is 142 Å². The van der Waals surface area contributed by atoms with E-state index in [4.69, 9.17) is 10.5 Å². The van der Waals surface area contributed by atoms with Crippen LogP contribution in [0.4, 0.5) is 10.1 Å². The van der Waals surface area contributed by atoms with Gasteiger partial charge >= 0.3 is 0 Å². The van der Waals surface area contributed by atoms with Crippen LogP contribution in [0.3, 0.4) is 0 Å². The molecule has 0 bridgehead atoms. The lowest BCUT2D eigenvalue weighted by Gasteiger charge is -2.37. The summed E-state index contributed by atoms with van der Waals surface area (Å²) in [6.45, 7) is 7.77. The van der Waals surface area contributed by atoms with E-state index in [0.717, 1.165) is 35.6 Å². The minimum absolute atomic E-state index is 0.126. The summed E-state index contributed by atoms with van der Waals surface area (Å²) < 4.78 is 20.7. The molecule has 2 atom stereocenters. The van der Waals surface area contributed by atoms with Crippen LogP contribution in [-0.4, -0.2) is 30.3 Å². The van der Waals surface area contributed by atoms with Crippen molar-refractivity contribution >= 4 is 5.69 Å². The van der Waals surface area contributed by atoms with E-state index in [0.29, 0.717) is 5.56 Å². The van der Waals surface area contributed by atoms with Crippen molar-refractivity contribution in [3.05, 3.63) is 47.5 Å². The lowest BCUT2D eigenvalue weighted by molar-refractivity contribution is -0.00523. The van der Waals surface area contributed by atoms with Crippen molar-refractivity contribution < 1.29 is 9.13 Å². The van der Waals surface area contributed by atoms with Crippen LogP contribution in [0.25, 0.3) is 11.1 Å². The maximum Gasteiger partial charge on any atom is 0.133 e. The summed E-state index contributed by atoms with van der Waals surface area (Å²) in [6.07, 6.45) is 1.95. The smallest absolute Gasteiger partial charge is 0.133 e. The predicted molar refractivity (Wildman–Crippen MR) is 94.5 cm³/mol. The van der Waals surface area contributed by atoms with Crippen molar-refractivity contribution in [2.75, 3.05) is 18.0 Å². The van der Waals surface area contributed by atoms with Gasteiger partial charge in [-0.1, -0.05) is 0 Å². The number of halogens is 1. The molecule has 2 N–H and O–H groups in total. The predicted octanol–water partition coefficient (Wildman–Crippen LogP) is 3.27. The number of hydrogen-bond acceptors (Lipinski definition) is 4. The van der Waals surface area contributed by atoms with E-state index in [1.54, 1.807) is 12.3 Å². The maximum absolute atomic E-state index is 14.9. The van der Waals surface area contributed by atoms with Gasteiger partial charge in [0.2, 0.25) is 0 Å². The van der Waals surface area contributed by atoms with Gasteiger partial charge in [-0.15, -0.1) is 0 Å². The fraction of sp³-hybridized carbons (Fsp3) is 0.421. The maximum atomic E-state index is 14.9. The van der Waals surface area contributed by atoms with Gasteiger partial charge < -0.3 is 15.4 Å². The molecule has 24 heavy (non-hydrogen) atoms. The number of hydrogen-bond donors (Lipinski definition) is 1. The standard InChI is InChI=1S/C19H24FN3O/c1-12-6-15(4-5-22-12)19-16(9-21)7-17(8-18(19)20)23-10-13(2)24-14(3)11-23/h4-8,13-14H,9-11,21H2,1-3H3/t13-,14+. The van der Waals surface area contributed by atoms with Crippen molar-refractivity contribution in [2.45, 2.75) is 39.5 Å². The average molecular weight is 329 g/mol. The molecule has 0 saturated carbocycles. The number of ether oxygens (including phenoxy) is 1. The van der Waals surface area contributed by atoms with E-state index in [-0.39, 0.29) is 24.6 Å². The molecule has 3 rings (SSSR count). The first kappa shape index (κ1) is 16.9. The Morgan fingerprint density at radius 1 is 1.25 bits per heavy atom. The van der Waals surface area contributed by atoms with Crippen molar-refractivity contribution in [2.24, 2.45) is 5.73 Å². The van der Waals surface area contributed by atoms with E-state index < -0.39 is 0 Å². The van der Waals surface area contributed by atoms with Crippen LogP contribution in [-0.2, 0) is 11.3 Å². The van der Waals surface area contributed by atoms with E-state index in [2.05, 4.69) is 9.88 Å². The molecule has 1 aromatic heterocycles. The summed E-state index contributed by atoms with van der Waals surface area (Å²) in [7, 11) is 0. The number of benzene rings is 1. The van der Waals surface area contributed by atoms with Gasteiger partial charge in [-0.3, -0.25) is 4.98 Å². The zero-order chi connectivity index (χ0) is 17.3. The molecule has 5 heteroatoms. The second-order valence-electron chi connectivity index (χ2n) is 6.51. The Balaban J connectivity index is 2.02.